The van der Waals surface area contributed by atoms with Gasteiger partial charge < -0.3 is 10.5 Å². The van der Waals surface area contributed by atoms with E-state index >= 15 is 0 Å². The Morgan fingerprint density at radius 3 is 2.50 bits per heavy atom. The molecule has 2 aromatic rings. The maximum absolute atomic E-state index is 5.90. The molecular formula is C14H13ClINO. The maximum Gasteiger partial charge on any atom is 0.136 e. The van der Waals surface area contributed by atoms with Crippen LogP contribution in [0.2, 0.25) is 5.02 Å². The standard InChI is InChI=1S/C14H13ClINO/c15-11-6-4-10(5-7-11)14(9-17)18-13-3-1-2-12(16)8-13/h1-8,14H,9,17H2. The Kier molecular flexibility index (Phi) is 4.86. The van der Waals surface area contributed by atoms with Gasteiger partial charge in [0.25, 0.3) is 0 Å². The fraction of sp³-hybridized carbons (Fsp3) is 0.143. The molecule has 18 heavy (non-hydrogen) atoms. The van der Waals surface area contributed by atoms with Gasteiger partial charge >= 0.3 is 0 Å². The topological polar surface area (TPSA) is 35.2 Å². The molecule has 0 bridgehead atoms. The molecule has 0 aliphatic rings. The van der Waals surface area contributed by atoms with Crippen molar-refractivity contribution in [1.82, 2.24) is 0 Å². The van der Waals surface area contributed by atoms with Crippen molar-refractivity contribution in [3.63, 3.8) is 0 Å². The van der Waals surface area contributed by atoms with Crippen molar-refractivity contribution in [2.24, 2.45) is 5.73 Å². The van der Waals surface area contributed by atoms with Gasteiger partial charge in [-0.3, -0.25) is 0 Å². The molecule has 0 saturated heterocycles. The summed E-state index contributed by atoms with van der Waals surface area (Å²) in [7, 11) is 0. The highest BCUT2D eigenvalue weighted by Gasteiger charge is 2.11. The molecule has 0 heterocycles. The molecule has 0 amide bonds. The van der Waals surface area contributed by atoms with Gasteiger partial charge in [0.1, 0.15) is 11.9 Å². The molecule has 0 fully saturated rings. The van der Waals surface area contributed by atoms with Gasteiger partial charge in [-0.25, -0.2) is 0 Å². The van der Waals surface area contributed by atoms with Gasteiger partial charge in [-0.05, 0) is 58.5 Å². The SMILES string of the molecule is NCC(Oc1cccc(I)c1)c1ccc(Cl)cc1. The molecular weight excluding hydrogens is 361 g/mol. The van der Waals surface area contributed by atoms with E-state index < -0.39 is 0 Å². The number of hydrogen-bond acceptors (Lipinski definition) is 2. The number of benzene rings is 2. The maximum atomic E-state index is 5.90. The fourth-order valence-corrected chi connectivity index (χ4v) is 2.27. The number of rotatable bonds is 4. The van der Waals surface area contributed by atoms with Crippen LogP contribution in [0.5, 0.6) is 5.75 Å². The van der Waals surface area contributed by atoms with E-state index in [4.69, 9.17) is 22.1 Å². The first kappa shape index (κ1) is 13.6. The molecule has 0 aliphatic carbocycles. The normalized spacial score (nSPS) is 12.2. The first-order valence-electron chi connectivity index (χ1n) is 5.57. The molecule has 94 valence electrons. The Balaban J connectivity index is 2.17. The molecule has 0 aromatic heterocycles. The lowest BCUT2D eigenvalue weighted by atomic mass is 10.1. The van der Waals surface area contributed by atoms with Crippen LogP contribution in [0.3, 0.4) is 0 Å². The largest absolute Gasteiger partial charge is 0.484 e. The average Bonchev–Trinajstić information content (AvgIpc) is 2.37. The van der Waals surface area contributed by atoms with Gasteiger partial charge in [-0.2, -0.15) is 0 Å². The van der Waals surface area contributed by atoms with Gasteiger partial charge in [-0.1, -0.05) is 29.8 Å². The smallest absolute Gasteiger partial charge is 0.136 e. The summed E-state index contributed by atoms with van der Waals surface area (Å²) in [5, 5.41) is 0.712. The Morgan fingerprint density at radius 2 is 1.89 bits per heavy atom. The van der Waals surface area contributed by atoms with Crippen molar-refractivity contribution in [3.8, 4) is 5.75 Å². The van der Waals surface area contributed by atoms with Gasteiger partial charge in [0.15, 0.2) is 0 Å². The molecule has 0 spiro atoms. The van der Waals surface area contributed by atoms with Crippen LogP contribution in [0, 0.1) is 3.57 Å². The zero-order chi connectivity index (χ0) is 13.0. The molecule has 2 aromatic carbocycles. The molecule has 1 atom stereocenters. The van der Waals surface area contributed by atoms with E-state index in [-0.39, 0.29) is 6.10 Å². The van der Waals surface area contributed by atoms with Crippen LogP contribution in [0.25, 0.3) is 0 Å². The van der Waals surface area contributed by atoms with Gasteiger partial charge in [0, 0.05) is 15.1 Å². The number of hydrogen-bond donors (Lipinski definition) is 1. The van der Waals surface area contributed by atoms with Crippen LogP contribution in [0.1, 0.15) is 11.7 Å². The third-order valence-corrected chi connectivity index (χ3v) is 3.45. The lowest BCUT2D eigenvalue weighted by Gasteiger charge is -2.18. The van der Waals surface area contributed by atoms with Gasteiger partial charge in [0.2, 0.25) is 0 Å². The summed E-state index contributed by atoms with van der Waals surface area (Å²) >= 11 is 8.12. The van der Waals surface area contributed by atoms with E-state index in [9.17, 15) is 0 Å². The Labute approximate surface area is 125 Å². The highest BCUT2D eigenvalue weighted by atomic mass is 127. The van der Waals surface area contributed by atoms with E-state index in [1.54, 1.807) is 0 Å². The second kappa shape index (κ2) is 6.41. The number of ether oxygens (including phenoxy) is 1. The van der Waals surface area contributed by atoms with Crippen LogP contribution >= 0.6 is 34.2 Å². The van der Waals surface area contributed by atoms with Crippen molar-refractivity contribution in [2.45, 2.75) is 6.10 Å². The van der Waals surface area contributed by atoms with E-state index in [0.717, 1.165) is 14.9 Å². The van der Waals surface area contributed by atoms with E-state index in [1.807, 2.05) is 48.5 Å². The molecule has 1 unspecified atom stereocenters. The van der Waals surface area contributed by atoms with E-state index in [1.165, 1.54) is 0 Å². The number of halogens is 2. The van der Waals surface area contributed by atoms with Crippen LogP contribution in [-0.2, 0) is 0 Å². The van der Waals surface area contributed by atoms with Crippen molar-refractivity contribution in [2.75, 3.05) is 6.54 Å². The first-order chi connectivity index (χ1) is 8.69. The average molecular weight is 374 g/mol. The summed E-state index contributed by atoms with van der Waals surface area (Å²) in [5.74, 6) is 0.826. The van der Waals surface area contributed by atoms with Crippen molar-refractivity contribution in [1.29, 1.82) is 0 Å². The van der Waals surface area contributed by atoms with Crippen LogP contribution in [-0.4, -0.2) is 6.54 Å². The van der Waals surface area contributed by atoms with Gasteiger partial charge in [0.05, 0.1) is 0 Å². The van der Waals surface area contributed by atoms with Gasteiger partial charge in [-0.15, -0.1) is 0 Å². The monoisotopic (exact) mass is 373 g/mol. The fourth-order valence-electron chi connectivity index (χ4n) is 1.63. The Bertz CT molecular complexity index is 515. The third kappa shape index (κ3) is 3.60. The van der Waals surface area contributed by atoms with Crippen molar-refractivity contribution >= 4 is 34.2 Å². The predicted molar refractivity (Wildman–Crippen MR) is 83.0 cm³/mol. The summed E-state index contributed by atoms with van der Waals surface area (Å²) in [6, 6.07) is 15.5. The lowest BCUT2D eigenvalue weighted by Crippen LogP contribution is -2.18. The summed E-state index contributed by atoms with van der Waals surface area (Å²) in [6.45, 7) is 0.424. The van der Waals surface area contributed by atoms with Crippen molar-refractivity contribution in [3.05, 3.63) is 62.7 Å². The molecule has 0 radical (unpaired) electrons. The zero-order valence-corrected chi connectivity index (χ0v) is 12.6. The highest BCUT2D eigenvalue weighted by molar-refractivity contribution is 14.1. The van der Waals surface area contributed by atoms with Crippen LogP contribution < -0.4 is 10.5 Å². The van der Waals surface area contributed by atoms with Crippen LogP contribution in [0.15, 0.2) is 48.5 Å². The molecule has 2 nitrogen and oxygen atoms in total. The quantitative estimate of drug-likeness (QED) is 0.822. The Morgan fingerprint density at radius 1 is 1.17 bits per heavy atom. The summed E-state index contributed by atoms with van der Waals surface area (Å²) in [4.78, 5) is 0. The Hall–Kier alpha value is -0.780. The van der Waals surface area contributed by atoms with Crippen molar-refractivity contribution < 1.29 is 4.74 Å². The van der Waals surface area contributed by atoms with E-state index in [2.05, 4.69) is 22.6 Å². The molecule has 4 heteroatoms. The summed E-state index contributed by atoms with van der Waals surface area (Å²) < 4.78 is 7.03. The zero-order valence-electron chi connectivity index (χ0n) is 9.64. The predicted octanol–water partition coefficient (Wildman–Crippen LogP) is 4.02. The third-order valence-electron chi connectivity index (χ3n) is 2.53. The second-order valence-corrected chi connectivity index (χ2v) is 5.53. The second-order valence-electron chi connectivity index (χ2n) is 3.85. The molecule has 2 rings (SSSR count). The minimum atomic E-state index is -0.152. The minimum absolute atomic E-state index is 0.152. The highest BCUT2D eigenvalue weighted by Crippen LogP contribution is 2.23. The summed E-state index contributed by atoms with van der Waals surface area (Å²) in [6.07, 6.45) is -0.152. The summed E-state index contributed by atoms with van der Waals surface area (Å²) in [5.41, 5.74) is 6.80. The lowest BCUT2D eigenvalue weighted by molar-refractivity contribution is 0.214. The molecule has 0 saturated carbocycles. The van der Waals surface area contributed by atoms with E-state index in [0.29, 0.717) is 11.6 Å². The van der Waals surface area contributed by atoms with Crippen LogP contribution in [0.4, 0.5) is 0 Å². The molecule has 0 aliphatic heterocycles. The first-order valence-corrected chi connectivity index (χ1v) is 7.02. The molecule has 2 N–H and O–H groups in total. The minimum Gasteiger partial charge on any atom is -0.484 e. The number of nitrogens with two attached hydrogens (primary N) is 1.